The highest BCUT2D eigenvalue weighted by Crippen LogP contribution is 2.33. The van der Waals surface area contributed by atoms with Gasteiger partial charge in [0, 0.05) is 6.20 Å². The standard InChI is InChI=1S/C22H20F3N3O4S/c1-21(2,3)13-4-6-17(20(29)28-14-9-16(33(30)31)12-26-10-14)18(8-13)32-15-5-7-19(27-11-15)22(23,24)25/h4-12,33H,1-3H3,(H,28,29). The summed E-state index contributed by atoms with van der Waals surface area (Å²) in [6.07, 6.45) is -1.24. The molecule has 0 saturated carbocycles. The zero-order valence-electron chi connectivity index (χ0n) is 17.8. The number of amides is 1. The predicted octanol–water partition coefficient (Wildman–Crippen LogP) is 4.81. The summed E-state index contributed by atoms with van der Waals surface area (Å²) in [4.78, 5) is 20.0. The number of hydrogen-bond acceptors (Lipinski definition) is 6. The fraction of sp³-hybridized carbons (Fsp3) is 0.227. The minimum Gasteiger partial charge on any atom is -0.455 e. The normalized spacial score (nSPS) is 12.0. The average Bonchev–Trinajstić information content (AvgIpc) is 2.73. The second-order valence-corrected chi connectivity index (χ2v) is 9.11. The van der Waals surface area contributed by atoms with Crippen molar-refractivity contribution in [2.45, 2.75) is 37.3 Å². The van der Waals surface area contributed by atoms with Gasteiger partial charge in [0.1, 0.15) is 17.2 Å². The SMILES string of the molecule is CC(C)(C)c1ccc(C(=O)Nc2cncc([SH](=O)=O)c2)c(Oc2ccc(C(F)(F)F)nc2)c1. The third-order valence-electron chi connectivity index (χ3n) is 4.54. The first-order valence-corrected chi connectivity index (χ1v) is 10.8. The third-order valence-corrected chi connectivity index (χ3v) is 5.21. The first kappa shape index (κ1) is 24.2. The van der Waals surface area contributed by atoms with Crippen LogP contribution < -0.4 is 10.1 Å². The molecule has 0 aliphatic heterocycles. The molecule has 3 rings (SSSR count). The van der Waals surface area contributed by atoms with E-state index < -0.39 is 28.5 Å². The van der Waals surface area contributed by atoms with Gasteiger partial charge in [-0.15, -0.1) is 0 Å². The van der Waals surface area contributed by atoms with Gasteiger partial charge in [-0.25, -0.2) is 13.4 Å². The molecule has 2 aromatic heterocycles. The fourth-order valence-corrected chi connectivity index (χ4v) is 3.20. The van der Waals surface area contributed by atoms with E-state index in [2.05, 4.69) is 15.3 Å². The lowest BCUT2D eigenvalue weighted by Crippen LogP contribution is -2.16. The van der Waals surface area contributed by atoms with Crippen molar-refractivity contribution in [3.05, 3.63) is 71.8 Å². The molecule has 1 aromatic carbocycles. The second-order valence-electron chi connectivity index (χ2n) is 8.08. The summed E-state index contributed by atoms with van der Waals surface area (Å²) in [7, 11) is -2.88. The van der Waals surface area contributed by atoms with Crippen LogP contribution in [0.3, 0.4) is 0 Å². The van der Waals surface area contributed by atoms with E-state index in [0.29, 0.717) is 0 Å². The van der Waals surface area contributed by atoms with Gasteiger partial charge in [-0.3, -0.25) is 9.78 Å². The predicted molar refractivity (Wildman–Crippen MR) is 115 cm³/mol. The van der Waals surface area contributed by atoms with Crippen molar-refractivity contribution in [1.82, 2.24) is 9.97 Å². The zero-order valence-corrected chi connectivity index (χ0v) is 18.7. The Kier molecular flexibility index (Phi) is 6.73. The molecular formula is C22H20F3N3O4S. The van der Waals surface area contributed by atoms with Gasteiger partial charge in [0.2, 0.25) is 0 Å². The molecule has 0 unspecified atom stereocenters. The minimum atomic E-state index is -4.59. The Labute approximate surface area is 189 Å². The van der Waals surface area contributed by atoms with Crippen molar-refractivity contribution < 1.29 is 31.1 Å². The molecule has 0 bridgehead atoms. The molecule has 1 N–H and O–H groups in total. The largest absolute Gasteiger partial charge is 0.455 e. The summed E-state index contributed by atoms with van der Waals surface area (Å²) in [6, 6.07) is 8.02. The van der Waals surface area contributed by atoms with Crippen molar-refractivity contribution in [1.29, 1.82) is 0 Å². The maximum atomic E-state index is 12.9. The molecule has 0 fully saturated rings. The Balaban J connectivity index is 1.96. The van der Waals surface area contributed by atoms with Gasteiger partial charge in [-0.1, -0.05) is 26.8 Å². The number of halogens is 3. The lowest BCUT2D eigenvalue weighted by molar-refractivity contribution is -0.141. The number of carbonyl (C=O) groups is 1. The minimum absolute atomic E-state index is 0.00937. The van der Waals surface area contributed by atoms with Gasteiger partial charge in [0.25, 0.3) is 5.91 Å². The number of alkyl halides is 3. The van der Waals surface area contributed by atoms with Crippen LogP contribution in [0.15, 0.2) is 59.9 Å². The van der Waals surface area contributed by atoms with E-state index in [-0.39, 0.29) is 33.1 Å². The van der Waals surface area contributed by atoms with Crippen LogP contribution >= 0.6 is 0 Å². The zero-order chi connectivity index (χ0) is 24.4. The molecule has 7 nitrogen and oxygen atoms in total. The van der Waals surface area contributed by atoms with Crippen molar-refractivity contribution in [3.8, 4) is 11.5 Å². The van der Waals surface area contributed by atoms with Gasteiger partial charge in [0.15, 0.2) is 10.7 Å². The number of benzene rings is 1. The molecule has 33 heavy (non-hydrogen) atoms. The summed E-state index contributed by atoms with van der Waals surface area (Å²) in [6.45, 7) is 5.85. The van der Waals surface area contributed by atoms with E-state index in [1.807, 2.05) is 20.8 Å². The van der Waals surface area contributed by atoms with Gasteiger partial charge in [-0.2, -0.15) is 13.2 Å². The van der Waals surface area contributed by atoms with E-state index in [0.717, 1.165) is 30.1 Å². The molecule has 0 radical (unpaired) electrons. The van der Waals surface area contributed by atoms with E-state index in [4.69, 9.17) is 4.74 Å². The van der Waals surface area contributed by atoms with Crippen LogP contribution in [0.5, 0.6) is 11.5 Å². The average molecular weight is 479 g/mol. The van der Waals surface area contributed by atoms with Crippen LogP contribution in [0.25, 0.3) is 0 Å². The van der Waals surface area contributed by atoms with Crippen LogP contribution in [0.4, 0.5) is 18.9 Å². The van der Waals surface area contributed by atoms with Crippen LogP contribution in [0, 0.1) is 0 Å². The van der Waals surface area contributed by atoms with Crippen LogP contribution in [-0.2, 0) is 22.3 Å². The molecule has 0 aliphatic carbocycles. The number of thiol groups is 1. The van der Waals surface area contributed by atoms with Gasteiger partial charge in [-0.05, 0) is 41.3 Å². The molecule has 3 aromatic rings. The summed E-state index contributed by atoms with van der Waals surface area (Å²) in [5.41, 5.74) is -0.316. The highest BCUT2D eigenvalue weighted by Gasteiger charge is 2.32. The van der Waals surface area contributed by atoms with Crippen molar-refractivity contribution >= 4 is 22.3 Å². The summed E-state index contributed by atoms with van der Waals surface area (Å²) >= 11 is 0. The first-order valence-electron chi connectivity index (χ1n) is 9.61. The van der Waals surface area contributed by atoms with Crippen molar-refractivity contribution in [2.75, 3.05) is 5.32 Å². The first-order chi connectivity index (χ1) is 15.3. The molecule has 1 amide bonds. The van der Waals surface area contributed by atoms with E-state index in [1.54, 1.807) is 12.1 Å². The topological polar surface area (TPSA) is 98.2 Å². The summed E-state index contributed by atoms with van der Waals surface area (Å²) in [5.74, 6) is -0.513. The summed E-state index contributed by atoms with van der Waals surface area (Å²) in [5, 5.41) is 2.55. The molecule has 0 aliphatic rings. The molecule has 2 heterocycles. The number of ether oxygens (including phenoxy) is 1. The van der Waals surface area contributed by atoms with Gasteiger partial charge in [0.05, 0.1) is 28.5 Å². The molecule has 0 atom stereocenters. The van der Waals surface area contributed by atoms with Gasteiger partial charge >= 0.3 is 6.18 Å². The molecule has 0 saturated heterocycles. The van der Waals surface area contributed by atoms with Crippen LogP contribution in [0.2, 0.25) is 0 Å². The number of rotatable bonds is 5. The molecule has 0 spiro atoms. The Morgan fingerprint density at radius 3 is 2.30 bits per heavy atom. The monoisotopic (exact) mass is 479 g/mol. The maximum absolute atomic E-state index is 12.9. The Bertz CT molecular complexity index is 1240. The number of hydrogen-bond donors (Lipinski definition) is 2. The Morgan fingerprint density at radius 1 is 1.00 bits per heavy atom. The highest BCUT2D eigenvalue weighted by atomic mass is 32.2. The van der Waals surface area contributed by atoms with E-state index in [9.17, 15) is 26.4 Å². The summed E-state index contributed by atoms with van der Waals surface area (Å²) < 4.78 is 66.4. The van der Waals surface area contributed by atoms with Crippen LogP contribution in [0.1, 0.15) is 42.4 Å². The Morgan fingerprint density at radius 2 is 1.73 bits per heavy atom. The van der Waals surface area contributed by atoms with E-state index >= 15 is 0 Å². The second kappa shape index (κ2) is 9.18. The number of aromatic nitrogens is 2. The maximum Gasteiger partial charge on any atom is 0.433 e. The highest BCUT2D eigenvalue weighted by molar-refractivity contribution is 7.72. The van der Waals surface area contributed by atoms with E-state index in [1.165, 1.54) is 18.3 Å². The third kappa shape index (κ3) is 6.07. The van der Waals surface area contributed by atoms with Crippen molar-refractivity contribution in [3.63, 3.8) is 0 Å². The number of nitrogens with zero attached hydrogens (tertiary/aromatic N) is 2. The number of pyridine rings is 2. The Hall–Kier alpha value is -3.47. The molecular weight excluding hydrogens is 459 g/mol. The number of anilines is 1. The van der Waals surface area contributed by atoms with Gasteiger partial charge < -0.3 is 10.1 Å². The number of carbonyl (C=O) groups excluding carboxylic acids is 1. The van der Waals surface area contributed by atoms with Crippen molar-refractivity contribution in [2.24, 2.45) is 0 Å². The smallest absolute Gasteiger partial charge is 0.433 e. The quantitative estimate of drug-likeness (QED) is 0.510. The molecule has 174 valence electrons. The lowest BCUT2D eigenvalue weighted by atomic mass is 9.86. The fourth-order valence-electron chi connectivity index (χ4n) is 2.79. The lowest BCUT2D eigenvalue weighted by Gasteiger charge is -2.21. The van der Waals surface area contributed by atoms with Crippen LogP contribution in [-0.4, -0.2) is 24.3 Å². The molecule has 11 heteroatoms. The number of nitrogens with one attached hydrogen (secondary N) is 1.